The molecule has 5 aliphatic carbocycles. The van der Waals surface area contributed by atoms with E-state index in [1.54, 1.807) is 0 Å². The first-order valence-corrected chi connectivity index (χ1v) is 9.14. The van der Waals surface area contributed by atoms with Gasteiger partial charge in [-0.3, -0.25) is 4.90 Å². The van der Waals surface area contributed by atoms with Crippen LogP contribution in [0.3, 0.4) is 0 Å². The number of nitriles is 1. The molecule has 1 heterocycles. The Hall–Kier alpha value is -0.630. The van der Waals surface area contributed by atoms with Gasteiger partial charge in [-0.2, -0.15) is 5.26 Å². The van der Waals surface area contributed by atoms with Gasteiger partial charge in [0.2, 0.25) is 0 Å². The Kier molecular flexibility index (Phi) is 2.67. The van der Waals surface area contributed by atoms with Gasteiger partial charge in [0, 0.05) is 18.6 Å². The van der Waals surface area contributed by atoms with Gasteiger partial charge >= 0.3 is 0 Å². The molecule has 6 fully saturated rings. The number of rotatable bonds is 3. The maximum absolute atomic E-state index is 10.9. The SMILES string of the molecule is N#CC1CC2CC2N1CC(N)C12CC3CC(CC(O)(C3)C1)C2. The number of likely N-dealkylation sites (tertiary alicyclic amines) is 1. The molecule has 4 heteroatoms. The highest BCUT2D eigenvalue weighted by atomic mass is 16.3. The van der Waals surface area contributed by atoms with Gasteiger partial charge in [0.25, 0.3) is 0 Å². The zero-order chi connectivity index (χ0) is 15.1. The number of piperidine rings is 1. The Bertz CT molecular complexity index is 527. The van der Waals surface area contributed by atoms with Crippen LogP contribution in [-0.4, -0.2) is 40.3 Å². The largest absolute Gasteiger partial charge is 0.390 e. The summed E-state index contributed by atoms with van der Waals surface area (Å²) in [7, 11) is 0. The lowest BCUT2D eigenvalue weighted by molar-refractivity contribution is -0.172. The number of hydrogen-bond acceptors (Lipinski definition) is 4. The van der Waals surface area contributed by atoms with Crippen LogP contribution in [0.5, 0.6) is 0 Å². The summed E-state index contributed by atoms with van der Waals surface area (Å²) in [6, 6.07) is 3.33. The van der Waals surface area contributed by atoms with E-state index in [1.807, 2.05) is 0 Å². The van der Waals surface area contributed by atoms with Gasteiger partial charge in [0.05, 0.1) is 17.7 Å². The van der Waals surface area contributed by atoms with Crippen molar-refractivity contribution in [2.24, 2.45) is 28.9 Å². The quantitative estimate of drug-likeness (QED) is 0.831. The molecular formula is C18H27N3O. The van der Waals surface area contributed by atoms with Crippen LogP contribution in [0.15, 0.2) is 0 Å². The first kappa shape index (κ1) is 13.8. The van der Waals surface area contributed by atoms with E-state index in [2.05, 4.69) is 11.0 Å². The predicted octanol–water partition coefficient (Wildman–Crippen LogP) is 1.63. The molecule has 6 unspecified atom stereocenters. The van der Waals surface area contributed by atoms with Gasteiger partial charge in [-0.05, 0) is 74.5 Å². The Morgan fingerprint density at radius 2 is 1.91 bits per heavy atom. The molecule has 0 aromatic heterocycles. The molecule has 22 heavy (non-hydrogen) atoms. The fraction of sp³-hybridized carbons (Fsp3) is 0.944. The average molecular weight is 301 g/mol. The number of fused-ring (bicyclic) bond motifs is 1. The van der Waals surface area contributed by atoms with Crippen molar-refractivity contribution in [3.05, 3.63) is 0 Å². The van der Waals surface area contributed by atoms with E-state index >= 15 is 0 Å². The highest BCUT2D eigenvalue weighted by Crippen LogP contribution is 2.62. The Morgan fingerprint density at radius 1 is 1.18 bits per heavy atom. The van der Waals surface area contributed by atoms with Crippen molar-refractivity contribution in [3.8, 4) is 6.07 Å². The van der Waals surface area contributed by atoms with Crippen molar-refractivity contribution in [3.63, 3.8) is 0 Å². The van der Waals surface area contributed by atoms with E-state index in [-0.39, 0.29) is 17.5 Å². The second-order valence-corrected chi connectivity index (χ2v) is 9.29. The minimum absolute atomic E-state index is 0.0896. The summed E-state index contributed by atoms with van der Waals surface area (Å²) in [6.07, 6.45) is 8.99. The van der Waals surface area contributed by atoms with E-state index in [9.17, 15) is 10.4 Å². The van der Waals surface area contributed by atoms with Crippen LogP contribution in [0.4, 0.5) is 0 Å². The Balaban J connectivity index is 1.37. The molecule has 6 rings (SSSR count). The molecule has 4 nitrogen and oxygen atoms in total. The van der Waals surface area contributed by atoms with Crippen LogP contribution in [-0.2, 0) is 0 Å². The topological polar surface area (TPSA) is 73.3 Å². The molecule has 6 atom stereocenters. The van der Waals surface area contributed by atoms with Crippen LogP contribution >= 0.6 is 0 Å². The molecule has 0 spiro atoms. The third-order valence-electron chi connectivity index (χ3n) is 7.66. The fourth-order valence-electron chi connectivity index (χ4n) is 7.07. The van der Waals surface area contributed by atoms with Gasteiger partial charge in [-0.25, -0.2) is 0 Å². The van der Waals surface area contributed by atoms with Gasteiger partial charge in [-0.15, -0.1) is 0 Å². The molecule has 0 aromatic carbocycles. The summed E-state index contributed by atoms with van der Waals surface area (Å²) in [4.78, 5) is 2.40. The van der Waals surface area contributed by atoms with Crippen LogP contribution in [0.25, 0.3) is 0 Å². The summed E-state index contributed by atoms with van der Waals surface area (Å²) >= 11 is 0. The molecule has 0 aromatic rings. The average Bonchev–Trinajstić information content (AvgIpc) is 3.11. The number of hydrogen-bond donors (Lipinski definition) is 2. The lowest BCUT2D eigenvalue weighted by Gasteiger charge is -2.62. The minimum Gasteiger partial charge on any atom is -0.390 e. The molecule has 4 bridgehead atoms. The van der Waals surface area contributed by atoms with Crippen LogP contribution in [0, 0.1) is 34.5 Å². The molecule has 0 amide bonds. The molecule has 1 saturated heterocycles. The molecule has 120 valence electrons. The second-order valence-electron chi connectivity index (χ2n) is 9.29. The van der Waals surface area contributed by atoms with E-state index in [1.165, 1.54) is 25.7 Å². The van der Waals surface area contributed by atoms with Crippen molar-refractivity contribution in [1.82, 2.24) is 4.90 Å². The van der Waals surface area contributed by atoms with Crippen LogP contribution < -0.4 is 5.73 Å². The van der Waals surface area contributed by atoms with E-state index < -0.39 is 5.60 Å². The third-order valence-corrected chi connectivity index (χ3v) is 7.66. The normalized spacial score (nSPS) is 56.7. The lowest BCUT2D eigenvalue weighted by atomic mass is 9.46. The highest BCUT2D eigenvalue weighted by Gasteiger charge is 2.60. The van der Waals surface area contributed by atoms with Crippen molar-refractivity contribution in [1.29, 1.82) is 5.26 Å². The van der Waals surface area contributed by atoms with Gasteiger partial charge in [-0.1, -0.05) is 0 Å². The second kappa shape index (κ2) is 4.26. The molecule has 3 N–H and O–H groups in total. The van der Waals surface area contributed by atoms with Crippen LogP contribution in [0.1, 0.15) is 51.4 Å². The molecular weight excluding hydrogens is 274 g/mol. The van der Waals surface area contributed by atoms with E-state index in [4.69, 9.17) is 5.73 Å². The molecule has 1 aliphatic heterocycles. The van der Waals surface area contributed by atoms with Gasteiger partial charge in [0.15, 0.2) is 0 Å². The van der Waals surface area contributed by atoms with E-state index in [0.717, 1.165) is 38.1 Å². The maximum atomic E-state index is 10.9. The maximum Gasteiger partial charge on any atom is 0.0984 e. The minimum atomic E-state index is -0.427. The number of nitrogens with zero attached hydrogens (tertiary/aromatic N) is 2. The van der Waals surface area contributed by atoms with Gasteiger partial charge < -0.3 is 10.8 Å². The van der Waals surface area contributed by atoms with E-state index in [0.29, 0.717) is 17.9 Å². The summed E-state index contributed by atoms with van der Waals surface area (Å²) < 4.78 is 0. The predicted molar refractivity (Wildman–Crippen MR) is 82.7 cm³/mol. The lowest BCUT2D eigenvalue weighted by Crippen LogP contribution is -2.63. The highest BCUT2D eigenvalue weighted by molar-refractivity contribution is 5.16. The van der Waals surface area contributed by atoms with Crippen molar-refractivity contribution < 1.29 is 5.11 Å². The summed E-state index contributed by atoms with van der Waals surface area (Å²) in [6.45, 7) is 0.870. The standard InChI is InChI=1S/C18H27N3O/c19-8-14-2-13-3-15(13)21(14)9-16(20)17-4-11-1-12(5-17)7-18(22,6-11)10-17/h11-16,22H,1-7,9-10,20H2. The smallest absolute Gasteiger partial charge is 0.0984 e. The summed E-state index contributed by atoms with van der Waals surface area (Å²) in [5, 5.41) is 20.3. The van der Waals surface area contributed by atoms with Crippen LogP contribution in [0.2, 0.25) is 0 Å². The number of nitrogens with two attached hydrogens (primary N) is 1. The molecule has 0 radical (unpaired) electrons. The first-order chi connectivity index (χ1) is 10.5. The summed E-state index contributed by atoms with van der Waals surface area (Å²) in [5.74, 6) is 2.14. The Morgan fingerprint density at radius 3 is 2.55 bits per heavy atom. The number of aliphatic hydroxyl groups is 1. The van der Waals surface area contributed by atoms with Crippen molar-refractivity contribution in [2.45, 2.75) is 75.1 Å². The zero-order valence-corrected chi connectivity index (χ0v) is 13.2. The fourth-order valence-corrected chi connectivity index (χ4v) is 7.07. The monoisotopic (exact) mass is 301 g/mol. The molecule has 6 aliphatic rings. The zero-order valence-electron chi connectivity index (χ0n) is 13.2. The molecule has 5 saturated carbocycles. The Labute approximate surface area is 132 Å². The van der Waals surface area contributed by atoms with Crippen molar-refractivity contribution in [2.75, 3.05) is 6.54 Å². The summed E-state index contributed by atoms with van der Waals surface area (Å²) in [5.41, 5.74) is 6.46. The third kappa shape index (κ3) is 1.85. The first-order valence-electron chi connectivity index (χ1n) is 9.14. The van der Waals surface area contributed by atoms with Gasteiger partial charge in [0.1, 0.15) is 0 Å². The van der Waals surface area contributed by atoms with Crippen molar-refractivity contribution >= 4 is 0 Å².